The van der Waals surface area contributed by atoms with Gasteiger partial charge in [-0.15, -0.1) is 0 Å². The first-order valence-corrected chi connectivity index (χ1v) is 5.66. The van der Waals surface area contributed by atoms with Crippen LogP contribution in [0.25, 0.3) is 0 Å². The summed E-state index contributed by atoms with van der Waals surface area (Å²) >= 11 is 0. The minimum atomic E-state index is -2.80. The van der Waals surface area contributed by atoms with Crippen molar-refractivity contribution in [2.45, 2.75) is 31.9 Å². The number of amides is 1. The fourth-order valence-corrected chi connectivity index (χ4v) is 1.97. The third-order valence-electron chi connectivity index (χ3n) is 2.86. The number of aromatic nitrogens is 1. The summed E-state index contributed by atoms with van der Waals surface area (Å²) in [5.74, 6) is -2.50. The Morgan fingerprint density at radius 3 is 2.94 bits per heavy atom. The second kappa shape index (κ2) is 4.64. The summed E-state index contributed by atoms with van der Waals surface area (Å²) in [4.78, 5) is 13.3. The predicted molar refractivity (Wildman–Crippen MR) is 59.1 cm³/mol. The first-order valence-electron chi connectivity index (χ1n) is 5.66. The van der Waals surface area contributed by atoms with Gasteiger partial charge >= 0.3 is 0 Å². The largest absolute Gasteiger partial charge is 0.361 e. The Bertz CT molecular complexity index is 447. The standard InChI is InChI=1S/C11H15F2N3O2/c1-7-3-8(15-18-7)5-16(2)10(17)9-4-11(12,13)6-14-9/h3,9,14H,4-6H2,1-2H3. The van der Waals surface area contributed by atoms with Crippen molar-refractivity contribution in [3.8, 4) is 0 Å². The first kappa shape index (κ1) is 12.9. The molecule has 1 N–H and O–H groups in total. The van der Waals surface area contributed by atoms with Crippen LogP contribution in [0.4, 0.5) is 8.78 Å². The van der Waals surface area contributed by atoms with E-state index in [9.17, 15) is 13.6 Å². The zero-order valence-electron chi connectivity index (χ0n) is 10.2. The Hall–Kier alpha value is -1.50. The number of alkyl halides is 2. The number of likely N-dealkylation sites (N-methyl/N-ethyl adjacent to an activating group) is 1. The van der Waals surface area contributed by atoms with Crippen LogP contribution >= 0.6 is 0 Å². The van der Waals surface area contributed by atoms with Gasteiger partial charge in [0.05, 0.1) is 19.1 Å². The Morgan fingerprint density at radius 1 is 1.72 bits per heavy atom. The molecule has 5 nitrogen and oxygen atoms in total. The maximum absolute atomic E-state index is 13.0. The van der Waals surface area contributed by atoms with Crippen molar-refractivity contribution < 1.29 is 18.1 Å². The molecule has 0 bridgehead atoms. The van der Waals surface area contributed by atoms with Crippen LogP contribution in [0, 0.1) is 6.92 Å². The van der Waals surface area contributed by atoms with Crippen LogP contribution in [0.1, 0.15) is 17.9 Å². The van der Waals surface area contributed by atoms with Gasteiger partial charge in [-0.3, -0.25) is 10.1 Å². The van der Waals surface area contributed by atoms with Gasteiger partial charge in [-0.2, -0.15) is 0 Å². The van der Waals surface area contributed by atoms with Crippen molar-refractivity contribution in [2.24, 2.45) is 0 Å². The van der Waals surface area contributed by atoms with Gasteiger partial charge in [0, 0.05) is 19.5 Å². The van der Waals surface area contributed by atoms with Crippen LogP contribution in [-0.2, 0) is 11.3 Å². The van der Waals surface area contributed by atoms with Crippen LogP contribution in [0.5, 0.6) is 0 Å². The van der Waals surface area contributed by atoms with E-state index < -0.39 is 24.9 Å². The molecular formula is C11H15F2N3O2. The van der Waals surface area contributed by atoms with Gasteiger partial charge in [0.25, 0.3) is 5.92 Å². The van der Waals surface area contributed by atoms with E-state index >= 15 is 0 Å². The number of aryl methyl sites for hydroxylation is 1. The van der Waals surface area contributed by atoms with Crippen molar-refractivity contribution in [1.29, 1.82) is 0 Å². The molecule has 1 fully saturated rings. The van der Waals surface area contributed by atoms with Crippen molar-refractivity contribution in [3.05, 3.63) is 17.5 Å². The van der Waals surface area contributed by atoms with Crippen molar-refractivity contribution in [2.75, 3.05) is 13.6 Å². The number of halogens is 2. The van der Waals surface area contributed by atoms with E-state index in [4.69, 9.17) is 4.52 Å². The normalized spacial score (nSPS) is 22.1. The zero-order valence-corrected chi connectivity index (χ0v) is 10.2. The zero-order chi connectivity index (χ0) is 13.3. The van der Waals surface area contributed by atoms with Crippen LogP contribution in [0.2, 0.25) is 0 Å². The van der Waals surface area contributed by atoms with Crippen molar-refractivity contribution in [3.63, 3.8) is 0 Å². The third kappa shape index (κ3) is 2.84. The highest BCUT2D eigenvalue weighted by molar-refractivity contribution is 5.82. The number of carbonyl (C=O) groups excluding carboxylic acids is 1. The van der Waals surface area contributed by atoms with E-state index in [-0.39, 0.29) is 12.5 Å². The van der Waals surface area contributed by atoms with Gasteiger partial charge in [0.15, 0.2) is 0 Å². The highest BCUT2D eigenvalue weighted by Gasteiger charge is 2.43. The fraction of sp³-hybridized carbons (Fsp3) is 0.636. The summed E-state index contributed by atoms with van der Waals surface area (Å²) in [6.07, 6.45) is -0.450. The molecule has 1 aromatic rings. The molecule has 0 aliphatic carbocycles. The molecule has 1 atom stereocenters. The lowest BCUT2D eigenvalue weighted by molar-refractivity contribution is -0.133. The molecule has 1 saturated heterocycles. The summed E-state index contributed by atoms with van der Waals surface area (Å²) in [7, 11) is 1.56. The molecule has 18 heavy (non-hydrogen) atoms. The molecule has 0 spiro atoms. The minimum absolute atomic E-state index is 0.250. The minimum Gasteiger partial charge on any atom is -0.361 e. The summed E-state index contributed by atoms with van der Waals surface area (Å²) in [6.45, 7) is 1.55. The molecule has 1 aliphatic rings. The van der Waals surface area contributed by atoms with E-state index in [0.29, 0.717) is 11.5 Å². The molecule has 0 radical (unpaired) electrons. The van der Waals surface area contributed by atoms with E-state index in [1.165, 1.54) is 4.90 Å². The number of nitrogens with zero attached hydrogens (tertiary/aromatic N) is 2. The molecule has 1 amide bonds. The number of hydrogen-bond donors (Lipinski definition) is 1. The molecule has 1 unspecified atom stereocenters. The van der Waals surface area contributed by atoms with Gasteiger partial charge in [-0.1, -0.05) is 5.16 Å². The van der Waals surface area contributed by atoms with Gasteiger partial charge < -0.3 is 9.42 Å². The molecule has 100 valence electrons. The summed E-state index contributed by atoms with van der Waals surface area (Å²) in [6, 6.07) is 0.887. The molecule has 1 aliphatic heterocycles. The first-order chi connectivity index (χ1) is 8.37. The Kier molecular flexibility index (Phi) is 3.34. The highest BCUT2D eigenvalue weighted by atomic mass is 19.3. The highest BCUT2D eigenvalue weighted by Crippen LogP contribution is 2.26. The molecule has 2 rings (SSSR count). The Morgan fingerprint density at radius 2 is 2.44 bits per heavy atom. The molecule has 2 heterocycles. The average molecular weight is 259 g/mol. The maximum Gasteiger partial charge on any atom is 0.262 e. The Labute approximate surface area is 103 Å². The van der Waals surface area contributed by atoms with E-state index in [1.54, 1.807) is 20.0 Å². The lowest BCUT2D eigenvalue weighted by Gasteiger charge is -2.19. The number of hydrogen-bond acceptors (Lipinski definition) is 4. The fourth-order valence-electron chi connectivity index (χ4n) is 1.97. The van der Waals surface area contributed by atoms with E-state index in [2.05, 4.69) is 10.5 Å². The summed E-state index contributed by atoms with van der Waals surface area (Å²) < 4.78 is 30.9. The van der Waals surface area contributed by atoms with Gasteiger partial charge in [0.1, 0.15) is 11.5 Å². The topological polar surface area (TPSA) is 58.4 Å². The second-order valence-corrected chi connectivity index (χ2v) is 4.62. The SMILES string of the molecule is Cc1cc(CN(C)C(=O)C2CC(F)(F)CN2)no1. The van der Waals surface area contributed by atoms with Crippen LogP contribution in [-0.4, -0.2) is 41.5 Å². The van der Waals surface area contributed by atoms with Crippen molar-refractivity contribution >= 4 is 5.91 Å². The van der Waals surface area contributed by atoms with Gasteiger partial charge in [-0.25, -0.2) is 8.78 Å². The monoisotopic (exact) mass is 259 g/mol. The quantitative estimate of drug-likeness (QED) is 0.877. The second-order valence-electron chi connectivity index (χ2n) is 4.62. The lowest BCUT2D eigenvalue weighted by Crippen LogP contribution is -2.41. The van der Waals surface area contributed by atoms with Gasteiger partial charge in [-0.05, 0) is 6.92 Å². The van der Waals surface area contributed by atoms with Crippen LogP contribution in [0.15, 0.2) is 10.6 Å². The van der Waals surface area contributed by atoms with E-state index in [1.807, 2.05) is 0 Å². The number of nitrogens with one attached hydrogen (secondary N) is 1. The van der Waals surface area contributed by atoms with E-state index in [0.717, 1.165) is 0 Å². The summed E-state index contributed by atoms with van der Waals surface area (Å²) in [5.41, 5.74) is 0.605. The molecule has 0 aromatic carbocycles. The Balaban J connectivity index is 1.93. The lowest BCUT2D eigenvalue weighted by atomic mass is 10.1. The average Bonchev–Trinajstić information content (AvgIpc) is 2.83. The molecular weight excluding hydrogens is 244 g/mol. The van der Waals surface area contributed by atoms with Gasteiger partial charge in [0.2, 0.25) is 5.91 Å². The number of carbonyl (C=O) groups is 1. The predicted octanol–water partition coefficient (Wildman–Crippen LogP) is 0.939. The van der Waals surface area contributed by atoms with Crippen LogP contribution in [0.3, 0.4) is 0 Å². The maximum atomic E-state index is 13.0. The molecule has 1 aromatic heterocycles. The number of rotatable bonds is 3. The molecule has 7 heteroatoms. The van der Waals surface area contributed by atoms with Crippen molar-refractivity contribution in [1.82, 2.24) is 15.4 Å². The molecule has 0 saturated carbocycles. The summed E-state index contributed by atoms with van der Waals surface area (Å²) in [5, 5.41) is 6.29. The smallest absolute Gasteiger partial charge is 0.262 e. The third-order valence-corrected chi connectivity index (χ3v) is 2.86. The van der Waals surface area contributed by atoms with Crippen LogP contribution < -0.4 is 5.32 Å².